The highest BCUT2D eigenvalue weighted by molar-refractivity contribution is 4.92. The van der Waals surface area contributed by atoms with Crippen LogP contribution in [0.25, 0.3) is 0 Å². The van der Waals surface area contributed by atoms with Crippen LogP contribution in [0.1, 0.15) is 32.4 Å². The smallest absolute Gasteiger partial charge is 0.0966 e. The van der Waals surface area contributed by atoms with Gasteiger partial charge in [-0.2, -0.15) is 0 Å². The molecule has 0 amide bonds. The van der Waals surface area contributed by atoms with Gasteiger partial charge >= 0.3 is 0 Å². The van der Waals surface area contributed by atoms with Crippen molar-refractivity contribution < 1.29 is 0 Å². The van der Waals surface area contributed by atoms with E-state index in [1.807, 2.05) is 13.2 Å². The van der Waals surface area contributed by atoms with Crippen LogP contribution in [0.4, 0.5) is 0 Å². The molecule has 102 valence electrons. The molecular weight excluding hydrogens is 226 g/mol. The second kappa shape index (κ2) is 6.29. The number of rotatable bonds is 5. The van der Waals surface area contributed by atoms with E-state index >= 15 is 0 Å². The van der Waals surface area contributed by atoms with Crippen LogP contribution in [-0.2, 0) is 13.6 Å². The first kappa shape index (κ1) is 13.5. The summed E-state index contributed by atoms with van der Waals surface area (Å²) >= 11 is 0. The molecule has 1 atom stereocenters. The molecule has 1 aliphatic heterocycles. The van der Waals surface area contributed by atoms with Crippen LogP contribution in [0.15, 0.2) is 6.20 Å². The van der Waals surface area contributed by atoms with E-state index < -0.39 is 0 Å². The number of nitrogens with zero attached hydrogens (tertiary/aromatic N) is 4. The number of likely N-dealkylation sites (tertiary alicyclic amines) is 1. The number of nitrogens with one attached hydrogen (secondary N) is 1. The van der Waals surface area contributed by atoms with Gasteiger partial charge < -0.3 is 5.32 Å². The first-order valence-electron chi connectivity index (χ1n) is 7.00. The van der Waals surface area contributed by atoms with Crippen molar-refractivity contribution in [3.8, 4) is 0 Å². The van der Waals surface area contributed by atoms with Gasteiger partial charge in [0.15, 0.2) is 0 Å². The van der Waals surface area contributed by atoms with Crippen LogP contribution >= 0.6 is 0 Å². The van der Waals surface area contributed by atoms with Crippen molar-refractivity contribution in [2.24, 2.45) is 13.0 Å². The van der Waals surface area contributed by atoms with Gasteiger partial charge in [0.2, 0.25) is 0 Å². The van der Waals surface area contributed by atoms with Gasteiger partial charge in [0.1, 0.15) is 0 Å². The van der Waals surface area contributed by atoms with Crippen LogP contribution in [0.5, 0.6) is 0 Å². The third-order valence-corrected chi connectivity index (χ3v) is 3.90. The first-order chi connectivity index (χ1) is 8.69. The van der Waals surface area contributed by atoms with Crippen LogP contribution in [0.2, 0.25) is 0 Å². The molecule has 0 saturated carbocycles. The fraction of sp³-hybridized carbons (Fsp3) is 0.846. The molecule has 1 aromatic heterocycles. The van der Waals surface area contributed by atoms with Gasteiger partial charge in [-0.1, -0.05) is 12.1 Å². The Balaban J connectivity index is 1.76. The molecule has 1 fully saturated rings. The molecule has 1 aliphatic rings. The highest BCUT2D eigenvalue weighted by Gasteiger charge is 2.23. The molecule has 18 heavy (non-hydrogen) atoms. The van der Waals surface area contributed by atoms with E-state index in [1.165, 1.54) is 25.9 Å². The SMILES string of the molecule is CCNC(C)C1CCN(Cc2cn(C)nn2)CC1. The van der Waals surface area contributed by atoms with Gasteiger partial charge in [-0.25, -0.2) is 0 Å². The summed E-state index contributed by atoms with van der Waals surface area (Å²) < 4.78 is 1.77. The van der Waals surface area contributed by atoms with E-state index in [0.717, 1.165) is 24.7 Å². The van der Waals surface area contributed by atoms with Crippen molar-refractivity contribution in [2.75, 3.05) is 19.6 Å². The highest BCUT2D eigenvalue weighted by atomic mass is 15.4. The van der Waals surface area contributed by atoms with Crippen LogP contribution in [-0.4, -0.2) is 45.6 Å². The Morgan fingerprint density at radius 2 is 2.17 bits per heavy atom. The Kier molecular flexibility index (Phi) is 4.72. The molecule has 0 spiro atoms. The van der Waals surface area contributed by atoms with Gasteiger partial charge in [-0.3, -0.25) is 9.58 Å². The van der Waals surface area contributed by atoms with Crippen molar-refractivity contribution in [2.45, 2.75) is 39.3 Å². The second-order valence-corrected chi connectivity index (χ2v) is 5.34. The number of hydrogen-bond acceptors (Lipinski definition) is 4. The fourth-order valence-corrected chi connectivity index (χ4v) is 2.80. The maximum absolute atomic E-state index is 4.15. The molecule has 2 heterocycles. The van der Waals surface area contributed by atoms with E-state index in [4.69, 9.17) is 0 Å². The Morgan fingerprint density at radius 3 is 2.72 bits per heavy atom. The van der Waals surface area contributed by atoms with E-state index in [0.29, 0.717) is 6.04 Å². The quantitative estimate of drug-likeness (QED) is 0.849. The molecule has 5 heteroatoms. The third-order valence-electron chi connectivity index (χ3n) is 3.90. The van der Waals surface area contributed by atoms with Crippen molar-refractivity contribution in [3.63, 3.8) is 0 Å². The summed E-state index contributed by atoms with van der Waals surface area (Å²) in [5, 5.41) is 11.7. The average Bonchev–Trinajstić information content (AvgIpc) is 2.76. The summed E-state index contributed by atoms with van der Waals surface area (Å²) in [4.78, 5) is 2.49. The number of aromatic nitrogens is 3. The summed E-state index contributed by atoms with van der Waals surface area (Å²) in [5.74, 6) is 0.822. The molecule has 0 bridgehead atoms. The summed E-state index contributed by atoms with van der Waals surface area (Å²) in [6.07, 6.45) is 4.58. The summed E-state index contributed by atoms with van der Waals surface area (Å²) in [6.45, 7) is 8.86. The predicted molar refractivity (Wildman–Crippen MR) is 72.1 cm³/mol. The molecule has 0 aromatic carbocycles. The van der Waals surface area contributed by atoms with Gasteiger partial charge in [0, 0.05) is 25.8 Å². The van der Waals surface area contributed by atoms with Gasteiger partial charge in [-0.15, -0.1) is 5.10 Å². The van der Waals surface area contributed by atoms with Crippen molar-refractivity contribution in [1.29, 1.82) is 0 Å². The summed E-state index contributed by atoms with van der Waals surface area (Å²) in [5.41, 5.74) is 1.08. The summed E-state index contributed by atoms with van der Waals surface area (Å²) in [6, 6.07) is 0.647. The van der Waals surface area contributed by atoms with Crippen LogP contribution in [0.3, 0.4) is 0 Å². The largest absolute Gasteiger partial charge is 0.314 e. The maximum Gasteiger partial charge on any atom is 0.0966 e. The Hall–Kier alpha value is -0.940. The summed E-state index contributed by atoms with van der Waals surface area (Å²) in [7, 11) is 1.92. The maximum atomic E-state index is 4.15. The molecule has 1 unspecified atom stereocenters. The molecule has 5 nitrogen and oxygen atoms in total. The molecular formula is C13H25N5. The monoisotopic (exact) mass is 251 g/mol. The number of piperidine rings is 1. The lowest BCUT2D eigenvalue weighted by Gasteiger charge is -2.34. The van der Waals surface area contributed by atoms with Crippen LogP contribution < -0.4 is 5.32 Å². The van der Waals surface area contributed by atoms with Crippen molar-refractivity contribution in [3.05, 3.63) is 11.9 Å². The zero-order chi connectivity index (χ0) is 13.0. The molecule has 1 N–H and O–H groups in total. The van der Waals surface area contributed by atoms with E-state index in [-0.39, 0.29) is 0 Å². The zero-order valence-corrected chi connectivity index (χ0v) is 11.8. The zero-order valence-electron chi connectivity index (χ0n) is 11.8. The standard InChI is InChI=1S/C13H25N5/c1-4-14-11(2)12-5-7-18(8-6-12)10-13-9-17(3)16-15-13/h9,11-12,14H,4-8,10H2,1-3H3. The fourth-order valence-electron chi connectivity index (χ4n) is 2.80. The van der Waals surface area contributed by atoms with Crippen molar-refractivity contribution in [1.82, 2.24) is 25.2 Å². The normalized spacial score (nSPS) is 20.2. The van der Waals surface area contributed by atoms with Gasteiger partial charge in [-0.05, 0) is 45.3 Å². The van der Waals surface area contributed by atoms with Crippen LogP contribution in [0, 0.1) is 5.92 Å². The van der Waals surface area contributed by atoms with Gasteiger partial charge in [0.05, 0.1) is 5.69 Å². The Labute approximate surface area is 110 Å². The van der Waals surface area contributed by atoms with E-state index in [1.54, 1.807) is 4.68 Å². The minimum absolute atomic E-state index is 0.647. The highest BCUT2D eigenvalue weighted by Crippen LogP contribution is 2.21. The minimum atomic E-state index is 0.647. The number of hydrogen-bond donors (Lipinski definition) is 1. The minimum Gasteiger partial charge on any atom is -0.314 e. The first-order valence-corrected chi connectivity index (χ1v) is 7.00. The lowest BCUT2D eigenvalue weighted by molar-refractivity contribution is 0.156. The molecule has 1 saturated heterocycles. The third kappa shape index (κ3) is 3.53. The second-order valence-electron chi connectivity index (χ2n) is 5.34. The lowest BCUT2D eigenvalue weighted by Crippen LogP contribution is -2.41. The Bertz CT molecular complexity index is 354. The topological polar surface area (TPSA) is 46.0 Å². The predicted octanol–water partition coefficient (Wildman–Crippen LogP) is 1.03. The lowest BCUT2D eigenvalue weighted by atomic mass is 9.90. The molecule has 1 aromatic rings. The van der Waals surface area contributed by atoms with E-state index in [2.05, 4.69) is 34.4 Å². The number of aryl methyl sites for hydroxylation is 1. The Morgan fingerprint density at radius 1 is 1.44 bits per heavy atom. The van der Waals surface area contributed by atoms with Crippen molar-refractivity contribution >= 4 is 0 Å². The van der Waals surface area contributed by atoms with Gasteiger partial charge in [0.25, 0.3) is 0 Å². The molecule has 2 rings (SSSR count). The molecule has 0 aliphatic carbocycles. The van der Waals surface area contributed by atoms with E-state index in [9.17, 15) is 0 Å². The average molecular weight is 251 g/mol. The molecule has 0 radical (unpaired) electrons.